The highest BCUT2D eigenvalue weighted by atomic mass is 14.4. The van der Waals surface area contributed by atoms with Gasteiger partial charge in [0.2, 0.25) is 0 Å². The molecule has 0 aromatic heterocycles. The van der Waals surface area contributed by atoms with Crippen molar-refractivity contribution in [2.45, 2.75) is 5.92 Å². The Kier molecular flexibility index (Phi) is 5.89. The van der Waals surface area contributed by atoms with E-state index in [1.165, 1.54) is 99.1 Å². The van der Waals surface area contributed by atoms with E-state index in [0.717, 1.165) is 0 Å². The van der Waals surface area contributed by atoms with E-state index in [1.54, 1.807) is 0 Å². The molecule has 8 aromatic rings. The standard InChI is InChI=1S/C50H32/c1-5-36-21-22-38-23-26-42(46-28-24-37(6-1)48(36)50(38)46)34-19-17-32(18-20-34)40-10-2-9-39(29-40)31-13-15-33(16-14-31)41-25-27-43-44-11-3-7-35-8-4-12-45(49(35)44)47(43)30-41/h1-30,45,49H. The Morgan fingerprint density at radius 3 is 1.72 bits per heavy atom. The van der Waals surface area contributed by atoms with E-state index in [0.29, 0.717) is 11.8 Å². The van der Waals surface area contributed by atoms with E-state index in [4.69, 9.17) is 0 Å². The molecule has 0 saturated carbocycles. The molecule has 2 atom stereocenters. The quantitative estimate of drug-likeness (QED) is 0.169. The molecular formula is C50H32. The number of hydrogen-bond donors (Lipinski definition) is 0. The first kappa shape index (κ1) is 27.7. The first-order chi connectivity index (χ1) is 24.8. The number of rotatable bonds is 4. The summed E-state index contributed by atoms with van der Waals surface area (Å²) in [5, 5.41) is 7.95. The van der Waals surface area contributed by atoms with Gasteiger partial charge in [0.25, 0.3) is 0 Å². The van der Waals surface area contributed by atoms with Gasteiger partial charge in [-0.05, 0) is 111 Å². The molecule has 8 aromatic carbocycles. The van der Waals surface area contributed by atoms with E-state index < -0.39 is 0 Å². The summed E-state index contributed by atoms with van der Waals surface area (Å²) in [6.07, 6.45) is 13.7. The molecule has 11 rings (SSSR count). The van der Waals surface area contributed by atoms with Crippen LogP contribution in [0.4, 0.5) is 0 Å². The van der Waals surface area contributed by atoms with Crippen LogP contribution < -0.4 is 0 Å². The molecule has 2 unspecified atom stereocenters. The second-order valence-electron chi connectivity index (χ2n) is 14.0. The fourth-order valence-corrected chi connectivity index (χ4v) is 8.99. The molecule has 0 fully saturated rings. The zero-order valence-electron chi connectivity index (χ0n) is 27.5. The maximum absolute atomic E-state index is 2.42. The predicted molar refractivity (Wildman–Crippen MR) is 212 cm³/mol. The predicted octanol–water partition coefficient (Wildman–Crippen LogP) is 13.4. The number of allylic oxidation sites excluding steroid dienone is 8. The van der Waals surface area contributed by atoms with Crippen molar-refractivity contribution in [1.29, 1.82) is 0 Å². The maximum Gasteiger partial charge on any atom is 0.0199 e. The summed E-state index contributed by atoms with van der Waals surface area (Å²) in [6.45, 7) is 0. The van der Waals surface area contributed by atoms with Crippen LogP contribution in [0.5, 0.6) is 0 Å². The summed E-state index contributed by atoms with van der Waals surface area (Å²) in [5.74, 6) is 0.895. The molecule has 0 spiro atoms. The molecule has 0 radical (unpaired) electrons. The average molecular weight is 633 g/mol. The van der Waals surface area contributed by atoms with Crippen LogP contribution in [0.1, 0.15) is 17.0 Å². The van der Waals surface area contributed by atoms with Crippen LogP contribution in [0.2, 0.25) is 0 Å². The van der Waals surface area contributed by atoms with Crippen molar-refractivity contribution in [3.8, 4) is 44.5 Å². The van der Waals surface area contributed by atoms with Gasteiger partial charge in [0.15, 0.2) is 0 Å². The number of benzene rings is 8. The second kappa shape index (κ2) is 10.6. The summed E-state index contributed by atoms with van der Waals surface area (Å²) in [5.41, 5.74) is 15.7. The normalized spacial score (nSPS) is 17.3. The van der Waals surface area contributed by atoms with Gasteiger partial charge in [-0.15, -0.1) is 0 Å². The minimum absolute atomic E-state index is 0.429. The smallest absolute Gasteiger partial charge is 0.0199 e. The topological polar surface area (TPSA) is 0 Å². The molecule has 0 heterocycles. The van der Waals surface area contributed by atoms with Gasteiger partial charge in [0, 0.05) is 11.8 Å². The Labute approximate surface area is 292 Å². The first-order valence-corrected chi connectivity index (χ1v) is 17.7. The van der Waals surface area contributed by atoms with Gasteiger partial charge in [-0.1, -0.05) is 170 Å². The summed E-state index contributed by atoms with van der Waals surface area (Å²) >= 11 is 0. The van der Waals surface area contributed by atoms with Gasteiger partial charge < -0.3 is 0 Å². The highest BCUT2D eigenvalue weighted by molar-refractivity contribution is 6.25. The fraction of sp³-hybridized carbons (Fsp3) is 0.0400. The van der Waals surface area contributed by atoms with Gasteiger partial charge in [-0.3, -0.25) is 0 Å². The summed E-state index contributed by atoms with van der Waals surface area (Å²) < 4.78 is 0. The second-order valence-corrected chi connectivity index (χ2v) is 14.0. The molecule has 0 saturated heterocycles. The van der Waals surface area contributed by atoms with Gasteiger partial charge >= 0.3 is 0 Å². The third-order valence-corrected chi connectivity index (χ3v) is 11.4. The Hall–Kier alpha value is -6.24. The minimum atomic E-state index is 0.429. The maximum atomic E-state index is 2.42. The lowest BCUT2D eigenvalue weighted by molar-refractivity contribution is 0.722. The molecule has 0 heteroatoms. The van der Waals surface area contributed by atoms with Crippen LogP contribution >= 0.6 is 0 Å². The van der Waals surface area contributed by atoms with Gasteiger partial charge in [-0.2, -0.15) is 0 Å². The third-order valence-electron chi connectivity index (χ3n) is 11.4. The zero-order valence-corrected chi connectivity index (χ0v) is 27.5. The van der Waals surface area contributed by atoms with Crippen LogP contribution in [0.25, 0.3) is 82.4 Å². The first-order valence-electron chi connectivity index (χ1n) is 17.7. The van der Waals surface area contributed by atoms with Crippen molar-refractivity contribution >= 4 is 37.9 Å². The lowest BCUT2D eigenvalue weighted by atomic mass is 9.78. The van der Waals surface area contributed by atoms with E-state index in [-0.39, 0.29) is 0 Å². The summed E-state index contributed by atoms with van der Waals surface area (Å²) in [7, 11) is 0. The van der Waals surface area contributed by atoms with Crippen LogP contribution in [0, 0.1) is 5.92 Å². The molecule has 50 heavy (non-hydrogen) atoms. The minimum Gasteiger partial charge on any atom is -0.0760 e. The molecule has 0 nitrogen and oxygen atoms in total. The monoisotopic (exact) mass is 632 g/mol. The molecule has 0 amide bonds. The molecular weight excluding hydrogens is 601 g/mol. The Bertz CT molecular complexity index is 2770. The van der Waals surface area contributed by atoms with Crippen molar-refractivity contribution in [2.75, 3.05) is 0 Å². The van der Waals surface area contributed by atoms with Crippen LogP contribution in [-0.2, 0) is 0 Å². The highest BCUT2D eigenvalue weighted by Gasteiger charge is 2.38. The van der Waals surface area contributed by atoms with Crippen molar-refractivity contribution < 1.29 is 0 Å². The average Bonchev–Trinajstić information content (AvgIpc) is 3.51. The molecule has 3 aliphatic rings. The molecule has 3 aliphatic carbocycles. The summed E-state index contributed by atoms with van der Waals surface area (Å²) in [6, 6.07) is 54.4. The van der Waals surface area contributed by atoms with Crippen molar-refractivity contribution in [2.24, 2.45) is 5.92 Å². The molecule has 0 N–H and O–H groups in total. The lowest BCUT2D eigenvalue weighted by Crippen LogP contribution is -2.11. The highest BCUT2D eigenvalue weighted by Crippen LogP contribution is 2.53. The van der Waals surface area contributed by atoms with E-state index in [1.807, 2.05) is 0 Å². The molecule has 0 bridgehead atoms. The van der Waals surface area contributed by atoms with Gasteiger partial charge in [0.05, 0.1) is 0 Å². The SMILES string of the molecule is C1=CC2=CC=CC3c4cc(-c5ccc(-c6cccc(-c7ccc(-c8ccc9ccc%10cccc%11ccc8c9c%10%11)cc7)c6)cc5)ccc4C(=C1)C23. The van der Waals surface area contributed by atoms with Crippen molar-refractivity contribution in [1.82, 2.24) is 0 Å². The van der Waals surface area contributed by atoms with Gasteiger partial charge in [-0.25, -0.2) is 0 Å². The Balaban J connectivity index is 0.886. The zero-order chi connectivity index (χ0) is 32.8. The Morgan fingerprint density at radius 2 is 0.980 bits per heavy atom. The van der Waals surface area contributed by atoms with Crippen LogP contribution in [-0.4, -0.2) is 0 Å². The van der Waals surface area contributed by atoms with E-state index in [2.05, 4.69) is 182 Å². The summed E-state index contributed by atoms with van der Waals surface area (Å²) in [4.78, 5) is 0. The fourth-order valence-electron chi connectivity index (χ4n) is 8.99. The Morgan fingerprint density at radius 1 is 0.400 bits per heavy atom. The van der Waals surface area contributed by atoms with E-state index >= 15 is 0 Å². The van der Waals surface area contributed by atoms with Gasteiger partial charge in [0.1, 0.15) is 0 Å². The number of fused-ring (bicyclic) bond motifs is 3. The molecule has 232 valence electrons. The van der Waals surface area contributed by atoms with Crippen molar-refractivity contribution in [3.05, 3.63) is 199 Å². The van der Waals surface area contributed by atoms with Crippen LogP contribution in [0.15, 0.2) is 188 Å². The van der Waals surface area contributed by atoms with E-state index in [9.17, 15) is 0 Å². The van der Waals surface area contributed by atoms with Crippen LogP contribution in [0.3, 0.4) is 0 Å². The lowest BCUT2D eigenvalue weighted by Gasteiger charge is -2.25. The number of hydrogen-bond acceptors (Lipinski definition) is 0. The third kappa shape index (κ3) is 4.12. The largest absolute Gasteiger partial charge is 0.0760 e. The molecule has 0 aliphatic heterocycles. The van der Waals surface area contributed by atoms with Crippen molar-refractivity contribution in [3.63, 3.8) is 0 Å².